The highest BCUT2D eigenvalue weighted by Crippen LogP contribution is 2.21. The minimum Gasteiger partial charge on any atom is -0.478 e. The van der Waals surface area contributed by atoms with Crippen LogP contribution in [0, 0.1) is 5.92 Å². The lowest BCUT2D eigenvalue weighted by molar-refractivity contribution is -0.118. The molecule has 0 heterocycles. The lowest BCUT2D eigenvalue weighted by Crippen LogP contribution is -2.49. The van der Waals surface area contributed by atoms with E-state index in [1.165, 1.54) is 18.2 Å². The number of hydrogen-bond acceptors (Lipinski definition) is 3. The number of rotatable bonds is 5. The topological polar surface area (TPSA) is 122 Å². The number of carbonyl (C=O) groups excluding carboxylic acids is 2. The van der Waals surface area contributed by atoms with Crippen molar-refractivity contribution in [3.63, 3.8) is 0 Å². The Kier molecular flexibility index (Phi) is 5.54. The van der Waals surface area contributed by atoms with Crippen LogP contribution in [0.3, 0.4) is 0 Å². The van der Waals surface area contributed by atoms with Gasteiger partial charge in [0.2, 0.25) is 5.91 Å². The number of carboxylic acids is 1. The van der Waals surface area contributed by atoms with E-state index in [4.69, 9.17) is 22.4 Å². The minimum absolute atomic E-state index is 0.00394. The molecule has 1 unspecified atom stereocenters. The number of hydrogen-bond donors (Lipinski definition) is 4. The molecule has 0 aliphatic carbocycles. The highest BCUT2D eigenvalue weighted by molar-refractivity contribution is 6.33. The highest BCUT2D eigenvalue weighted by atomic mass is 35.5. The summed E-state index contributed by atoms with van der Waals surface area (Å²) < 4.78 is 0. The van der Waals surface area contributed by atoms with Crippen molar-refractivity contribution in [1.29, 1.82) is 0 Å². The largest absolute Gasteiger partial charge is 0.478 e. The van der Waals surface area contributed by atoms with E-state index in [-0.39, 0.29) is 16.5 Å². The number of primary amides is 1. The molecule has 21 heavy (non-hydrogen) atoms. The number of aromatic carboxylic acids is 1. The molecule has 0 saturated heterocycles. The number of amides is 3. The van der Waals surface area contributed by atoms with Crippen LogP contribution in [0.1, 0.15) is 24.2 Å². The number of benzene rings is 1. The number of carbonyl (C=O) groups is 3. The molecule has 0 aromatic heterocycles. The van der Waals surface area contributed by atoms with Crippen molar-refractivity contribution in [3.8, 4) is 0 Å². The Balaban J connectivity index is 2.89. The third-order valence-electron chi connectivity index (χ3n) is 2.71. The molecule has 1 atom stereocenters. The van der Waals surface area contributed by atoms with E-state index < -0.39 is 23.9 Å². The summed E-state index contributed by atoms with van der Waals surface area (Å²) in [4.78, 5) is 33.8. The second-order valence-electron chi connectivity index (χ2n) is 4.72. The molecule has 7 nitrogen and oxygen atoms in total. The van der Waals surface area contributed by atoms with Gasteiger partial charge in [-0.2, -0.15) is 0 Å². The predicted octanol–water partition coefficient (Wildman–Crippen LogP) is 1.67. The number of nitrogens with one attached hydrogen (secondary N) is 2. The molecule has 0 spiro atoms. The zero-order valence-corrected chi connectivity index (χ0v) is 12.3. The van der Waals surface area contributed by atoms with Crippen molar-refractivity contribution in [2.24, 2.45) is 11.7 Å². The second kappa shape index (κ2) is 6.94. The van der Waals surface area contributed by atoms with Crippen LogP contribution in [0.2, 0.25) is 5.02 Å². The zero-order valence-electron chi connectivity index (χ0n) is 11.5. The summed E-state index contributed by atoms with van der Waals surface area (Å²) in [5.41, 5.74) is 5.28. The maximum absolute atomic E-state index is 12.1. The van der Waals surface area contributed by atoms with Gasteiger partial charge in [0, 0.05) is 5.69 Å². The Morgan fingerprint density at radius 3 is 2.33 bits per heavy atom. The monoisotopic (exact) mass is 313 g/mol. The first-order valence-corrected chi connectivity index (χ1v) is 6.50. The Morgan fingerprint density at radius 1 is 1.29 bits per heavy atom. The van der Waals surface area contributed by atoms with Crippen molar-refractivity contribution in [1.82, 2.24) is 5.32 Å². The summed E-state index contributed by atoms with van der Waals surface area (Å²) in [5, 5.41) is 13.8. The summed E-state index contributed by atoms with van der Waals surface area (Å²) in [6.07, 6.45) is 0. The average molecular weight is 314 g/mol. The Hall–Kier alpha value is -2.28. The van der Waals surface area contributed by atoms with E-state index >= 15 is 0 Å². The summed E-state index contributed by atoms with van der Waals surface area (Å²) in [7, 11) is 0. The van der Waals surface area contributed by atoms with Gasteiger partial charge in [-0.15, -0.1) is 0 Å². The third-order valence-corrected chi connectivity index (χ3v) is 3.03. The molecule has 3 amide bonds. The highest BCUT2D eigenvalue weighted by Gasteiger charge is 2.23. The van der Waals surface area contributed by atoms with Gasteiger partial charge in [-0.25, -0.2) is 9.59 Å². The molecule has 1 rings (SSSR count). The maximum Gasteiger partial charge on any atom is 0.337 e. The maximum atomic E-state index is 12.1. The molecule has 8 heteroatoms. The Morgan fingerprint density at radius 2 is 1.90 bits per heavy atom. The quantitative estimate of drug-likeness (QED) is 0.660. The minimum atomic E-state index is -1.16. The standard InChI is InChI=1S/C13H16ClN3O4/c1-6(2)10(17-13(15)21)11(18)16-7-3-4-8(12(19)20)9(14)5-7/h3-6,10H,1-2H3,(H,16,18)(H,19,20)(H3,15,17,21). The molecule has 0 saturated carbocycles. The molecule has 0 fully saturated rings. The fourth-order valence-electron chi connectivity index (χ4n) is 1.67. The van der Waals surface area contributed by atoms with Crippen molar-refractivity contribution in [2.75, 3.05) is 5.32 Å². The third kappa shape index (κ3) is 4.64. The van der Waals surface area contributed by atoms with E-state index in [1.807, 2.05) is 0 Å². The van der Waals surface area contributed by atoms with Gasteiger partial charge in [-0.3, -0.25) is 4.79 Å². The van der Waals surface area contributed by atoms with Gasteiger partial charge in [0.15, 0.2) is 0 Å². The summed E-state index contributed by atoms with van der Waals surface area (Å²) in [5.74, 6) is -1.80. The van der Waals surface area contributed by atoms with Gasteiger partial charge in [0.1, 0.15) is 6.04 Å². The number of urea groups is 1. The molecule has 114 valence electrons. The molecule has 1 aromatic carbocycles. The van der Waals surface area contributed by atoms with Crippen LogP contribution in [0.25, 0.3) is 0 Å². The van der Waals surface area contributed by atoms with Gasteiger partial charge < -0.3 is 21.5 Å². The van der Waals surface area contributed by atoms with E-state index in [0.29, 0.717) is 5.69 Å². The van der Waals surface area contributed by atoms with Gasteiger partial charge in [-0.1, -0.05) is 25.4 Å². The Bertz CT molecular complexity index is 575. The van der Waals surface area contributed by atoms with Crippen LogP contribution < -0.4 is 16.4 Å². The van der Waals surface area contributed by atoms with Crippen molar-refractivity contribution < 1.29 is 19.5 Å². The second-order valence-corrected chi connectivity index (χ2v) is 5.13. The summed E-state index contributed by atoms with van der Waals surface area (Å²) in [6.45, 7) is 3.50. The van der Waals surface area contributed by atoms with Crippen molar-refractivity contribution in [2.45, 2.75) is 19.9 Å². The lowest BCUT2D eigenvalue weighted by atomic mass is 10.0. The van der Waals surface area contributed by atoms with E-state index in [1.54, 1.807) is 13.8 Å². The van der Waals surface area contributed by atoms with E-state index in [0.717, 1.165) is 0 Å². The molecule has 0 radical (unpaired) electrons. The van der Waals surface area contributed by atoms with Crippen LogP contribution in [-0.2, 0) is 4.79 Å². The zero-order chi connectivity index (χ0) is 16.2. The van der Waals surface area contributed by atoms with Gasteiger partial charge in [-0.05, 0) is 24.1 Å². The first kappa shape index (κ1) is 16.8. The SMILES string of the molecule is CC(C)C(NC(N)=O)C(=O)Nc1ccc(C(=O)O)c(Cl)c1. The lowest BCUT2D eigenvalue weighted by Gasteiger charge is -2.20. The van der Waals surface area contributed by atoms with Gasteiger partial charge >= 0.3 is 12.0 Å². The Labute approximate surface area is 126 Å². The van der Waals surface area contributed by atoms with E-state index in [2.05, 4.69) is 10.6 Å². The fraction of sp³-hybridized carbons (Fsp3) is 0.308. The molecule has 5 N–H and O–H groups in total. The van der Waals surface area contributed by atoms with Gasteiger partial charge in [0.05, 0.1) is 10.6 Å². The van der Waals surface area contributed by atoms with Crippen LogP contribution in [-0.4, -0.2) is 29.1 Å². The fourth-order valence-corrected chi connectivity index (χ4v) is 1.94. The van der Waals surface area contributed by atoms with Crippen molar-refractivity contribution in [3.05, 3.63) is 28.8 Å². The van der Waals surface area contributed by atoms with Crippen molar-refractivity contribution >= 4 is 35.2 Å². The number of anilines is 1. The van der Waals surface area contributed by atoms with Crippen LogP contribution in [0.15, 0.2) is 18.2 Å². The predicted molar refractivity (Wildman–Crippen MR) is 78.4 cm³/mol. The van der Waals surface area contributed by atoms with Crippen LogP contribution in [0.5, 0.6) is 0 Å². The first-order chi connectivity index (χ1) is 9.72. The molecule has 0 bridgehead atoms. The van der Waals surface area contributed by atoms with Gasteiger partial charge in [0.25, 0.3) is 0 Å². The number of nitrogens with two attached hydrogens (primary N) is 1. The number of carboxylic acid groups (broad SMARTS) is 1. The summed E-state index contributed by atoms with van der Waals surface area (Å²) in [6, 6.07) is 2.41. The molecule has 1 aromatic rings. The molecular weight excluding hydrogens is 298 g/mol. The van der Waals surface area contributed by atoms with Crippen LogP contribution >= 0.6 is 11.6 Å². The molecular formula is C13H16ClN3O4. The smallest absolute Gasteiger partial charge is 0.337 e. The number of halogens is 1. The first-order valence-electron chi connectivity index (χ1n) is 6.12. The van der Waals surface area contributed by atoms with E-state index in [9.17, 15) is 14.4 Å². The molecule has 0 aliphatic rings. The average Bonchev–Trinajstić information content (AvgIpc) is 2.34. The normalized spacial score (nSPS) is 11.8. The van der Waals surface area contributed by atoms with Crippen LogP contribution in [0.4, 0.5) is 10.5 Å². The summed E-state index contributed by atoms with van der Waals surface area (Å²) >= 11 is 5.81. The molecule has 0 aliphatic heterocycles.